The summed E-state index contributed by atoms with van der Waals surface area (Å²) >= 11 is 0. The van der Waals surface area contributed by atoms with E-state index in [0.29, 0.717) is 6.54 Å². The number of hydrogen-bond donors (Lipinski definition) is 2. The van der Waals surface area contributed by atoms with Crippen LogP contribution in [-0.2, 0) is 4.79 Å². The third-order valence-corrected chi connectivity index (χ3v) is 2.64. The van der Waals surface area contributed by atoms with Crippen LogP contribution in [0.15, 0.2) is 18.2 Å². The normalized spacial score (nSPS) is 10.1. The molecule has 1 aromatic rings. The van der Waals surface area contributed by atoms with Gasteiger partial charge in [-0.25, -0.2) is 9.18 Å². The molecule has 0 bridgehead atoms. The summed E-state index contributed by atoms with van der Waals surface area (Å²) in [4.78, 5) is 23.7. The minimum Gasteiger partial charge on any atom is -0.478 e. The molecule has 0 fully saturated rings. The summed E-state index contributed by atoms with van der Waals surface area (Å²) in [6.07, 6.45) is 0.747. The number of rotatable bonds is 6. The molecule has 0 radical (unpaired) electrons. The monoisotopic (exact) mass is 268 g/mol. The number of halogens is 1. The Morgan fingerprint density at radius 3 is 2.58 bits per heavy atom. The zero-order chi connectivity index (χ0) is 14.4. The number of carbonyl (C=O) groups is 2. The zero-order valence-electron chi connectivity index (χ0n) is 10.9. The van der Waals surface area contributed by atoms with Gasteiger partial charge in [0.15, 0.2) is 0 Å². The van der Waals surface area contributed by atoms with E-state index in [-0.39, 0.29) is 23.7 Å². The first-order valence-corrected chi connectivity index (χ1v) is 5.98. The summed E-state index contributed by atoms with van der Waals surface area (Å²) in [6, 6.07) is 3.68. The highest BCUT2D eigenvalue weighted by molar-refractivity contribution is 5.88. The molecule has 1 amide bonds. The zero-order valence-corrected chi connectivity index (χ0v) is 10.9. The first kappa shape index (κ1) is 14.9. The summed E-state index contributed by atoms with van der Waals surface area (Å²) in [6.45, 7) is 2.46. The predicted octanol–water partition coefficient (Wildman–Crippen LogP) is 1.49. The second kappa shape index (κ2) is 6.72. The number of amides is 1. The SMILES string of the molecule is CCCN(CC(=O)NC)c1ccc(C(=O)O)cc1F. The van der Waals surface area contributed by atoms with E-state index in [9.17, 15) is 14.0 Å². The number of nitrogens with one attached hydrogen (secondary N) is 1. The highest BCUT2D eigenvalue weighted by atomic mass is 19.1. The lowest BCUT2D eigenvalue weighted by atomic mass is 10.1. The second-order valence-corrected chi connectivity index (χ2v) is 4.07. The Bertz CT molecular complexity index is 477. The summed E-state index contributed by atoms with van der Waals surface area (Å²) in [7, 11) is 1.51. The Kier molecular flexibility index (Phi) is 5.29. The van der Waals surface area contributed by atoms with Crippen LogP contribution in [0, 0.1) is 5.82 Å². The van der Waals surface area contributed by atoms with Crippen LogP contribution in [0.1, 0.15) is 23.7 Å². The predicted molar refractivity (Wildman–Crippen MR) is 69.9 cm³/mol. The molecular formula is C13H17FN2O3. The third-order valence-electron chi connectivity index (χ3n) is 2.64. The van der Waals surface area contributed by atoms with Crippen LogP contribution in [-0.4, -0.2) is 37.1 Å². The van der Waals surface area contributed by atoms with Gasteiger partial charge in [0, 0.05) is 13.6 Å². The fraction of sp³-hybridized carbons (Fsp3) is 0.385. The average Bonchev–Trinajstić information content (AvgIpc) is 2.37. The number of benzene rings is 1. The average molecular weight is 268 g/mol. The number of aromatic carboxylic acids is 1. The maximum absolute atomic E-state index is 13.9. The highest BCUT2D eigenvalue weighted by Crippen LogP contribution is 2.20. The van der Waals surface area contributed by atoms with Crippen LogP contribution >= 0.6 is 0 Å². The van der Waals surface area contributed by atoms with Gasteiger partial charge in [0.1, 0.15) is 5.82 Å². The van der Waals surface area contributed by atoms with Crippen molar-refractivity contribution in [1.29, 1.82) is 0 Å². The number of nitrogens with zero attached hydrogens (tertiary/aromatic N) is 1. The lowest BCUT2D eigenvalue weighted by Gasteiger charge is -2.24. The smallest absolute Gasteiger partial charge is 0.335 e. The second-order valence-electron chi connectivity index (χ2n) is 4.07. The molecular weight excluding hydrogens is 251 g/mol. The van der Waals surface area contributed by atoms with Crippen LogP contribution in [0.3, 0.4) is 0 Å². The van der Waals surface area contributed by atoms with E-state index >= 15 is 0 Å². The van der Waals surface area contributed by atoms with Gasteiger partial charge in [-0.05, 0) is 24.6 Å². The van der Waals surface area contributed by atoms with Crippen LogP contribution in [0.25, 0.3) is 0 Å². The minimum atomic E-state index is -1.18. The summed E-state index contributed by atoms with van der Waals surface area (Å²) in [5.41, 5.74) is 0.119. The highest BCUT2D eigenvalue weighted by Gasteiger charge is 2.15. The Balaban J connectivity index is 3.02. The first-order chi connectivity index (χ1) is 8.99. The number of likely N-dealkylation sites (N-methyl/N-ethyl adjacent to an activating group) is 1. The van der Waals surface area contributed by atoms with Gasteiger partial charge in [-0.1, -0.05) is 6.92 Å². The molecule has 0 aliphatic heterocycles. The molecule has 0 atom stereocenters. The van der Waals surface area contributed by atoms with Crippen molar-refractivity contribution in [2.45, 2.75) is 13.3 Å². The van der Waals surface area contributed by atoms with Crippen LogP contribution < -0.4 is 10.2 Å². The van der Waals surface area contributed by atoms with Crippen molar-refractivity contribution in [3.8, 4) is 0 Å². The van der Waals surface area contributed by atoms with E-state index in [1.54, 1.807) is 4.90 Å². The standard InChI is InChI=1S/C13H17FN2O3/c1-3-6-16(8-12(17)15-2)11-5-4-9(13(18)19)7-10(11)14/h4-5,7H,3,6,8H2,1-2H3,(H,15,17)(H,18,19). The van der Waals surface area contributed by atoms with Crippen LogP contribution in [0.5, 0.6) is 0 Å². The third kappa shape index (κ3) is 3.94. The van der Waals surface area contributed by atoms with Gasteiger partial charge in [-0.2, -0.15) is 0 Å². The number of carboxylic acids is 1. The van der Waals surface area contributed by atoms with E-state index in [2.05, 4.69) is 5.32 Å². The van der Waals surface area contributed by atoms with Gasteiger partial charge in [0.05, 0.1) is 17.8 Å². The van der Waals surface area contributed by atoms with Crippen molar-refractivity contribution in [3.05, 3.63) is 29.6 Å². The molecule has 1 aromatic carbocycles. The van der Waals surface area contributed by atoms with Gasteiger partial charge in [0.2, 0.25) is 5.91 Å². The van der Waals surface area contributed by atoms with Crippen molar-refractivity contribution in [1.82, 2.24) is 5.32 Å². The number of carboxylic acid groups (broad SMARTS) is 1. The molecule has 0 unspecified atom stereocenters. The summed E-state index contributed by atoms with van der Waals surface area (Å²) < 4.78 is 13.9. The molecule has 0 aromatic heterocycles. The molecule has 0 aliphatic rings. The largest absolute Gasteiger partial charge is 0.478 e. The summed E-state index contributed by atoms with van der Waals surface area (Å²) in [5, 5.41) is 11.3. The molecule has 19 heavy (non-hydrogen) atoms. The van der Waals surface area contributed by atoms with Crippen molar-refractivity contribution >= 4 is 17.6 Å². The molecule has 104 valence electrons. The number of hydrogen-bond acceptors (Lipinski definition) is 3. The fourth-order valence-corrected chi connectivity index (χ4v) is 1.70. The molecule has 6 heteroatoms. The maximum atomic E-state index is 13.9. The van der Waals surface area contributed by atoms with E-state index in [0.717, 1.165) is 12.5 Å². The van der Waals surface area contributed by atoms with Crippen molar-refractivity contribution in [2.24, 2.45) is 0 Å². The van der Waals surface area contributed by atoms with Crippen molar-refractivity contribution < 1.29 is 19.1 Å². The van der Waals surface area contributed by atoms with Gasteiger partial charge < -0.3 is 15.3 Å². The lowest BCUT2D eigenvalue weighted by Crippen LogP contribution is -2.36. The maximum Gasteiger partial charge on any atom is 0.335 e. The Morgan fingerprint density at radius 1 is 1.42 bits per heavy atom. The Morgan fingerprint density at radius 2 is 2.11 bits per heavy atom. The fourth-order valence-electron chi connectivity index (χ4n) is 1.70. The van der Waals surface area contributed by atoms with Gasteiger partial charge in [-0.15, -0.1) is 0 Å². The van der Waals surface area contributed by atoms with E-state index in [1.165, 1.54) is 19.2 Å². The van der Waals surface area contributed by atoms with Gasteiger partial charge in [-0.3, -0.25) is 4.79 Å². The molecule has 0 heterocycles. The Labute approximate surface area is 111 Å². The van der Waals surface area contributed by atoms with E-state index in [1.807, 2.05) is 6.92 Å². The van der Waals surface area contributed by atoms with Crippen molar-refractivity contribution in [2.75, 3.05) is 25.0 Å². The van der Waals surface area contributed by atoms with Crippen LogP contribution in [0.4, 0.5) is 10.1 Å². The van der Waals surface area contributed by atoms with E-state index < -0.39 is 11.8 Å². The lowest BCUT2D eigenvalue weighted by molar-refractivity contribution is -0.119. The molecule has 0 saturated heterocycles. The molecule has 5 nitrogen and oxygen atoms in total. The van der Waals surface area contributed by atoms with Crippen LogP contribution in [0.2, 0.25) is 0 Å². The van der Waals surface area contributed by atoms with Crippen molar-refractivity contribution in [3.63, 3.8) is 0 Å². The first-order valence-electron chi connectivity index (χ1n) is 5.98. The molecule has 0 saturated carbocycles. The minimum absolute atomic E-state index is 0.0354. The number of anilines is 1. The molecule has 2 N–H and O–H groups in total. The van der Waals surface area contributed by atoms with E-state index in [4.69, 9.17) is 5.11 Å². The molecule has 1 rings (SSSR count). The molecule has 0 aliphatic carbocycles. The van der Waals surface area contributed by atoms with Gasteiger partial charge in [0.25, 0.3) is 0 Å². The Hall–Kier alpha value is -2.11. The molecule has 0 spiro atoms. The topological polar surface area (TPSA) is 69.6 Å². The van der Waals surface area contributed by atoms with Gasteiger partial charge >= 0.3 is 5.97 Å². The summed E-state index contributed by atoms with van der Waals surface area (Å²) in [5.74, 6) is -2.05. The number of carbonyl (C=O) groups excluding carboxylic acids is 1. The quantitative estimate of drug-likeness (QED) is 0.820.